The predicted molar refractivity (Wildman–Crippen MR) is 167 cm³/mol. The quantitative estimate of drug-likeness (QED) is 0.227. The van der Waals surface area contributed by atoms with Crippen LogP contribution in [0.5, 0.6) is 0 Å². The number of nitrogens with two attached hydrogens (primary N) is 1. The molecule has 9 heteroatoms. The molecule has 0 aliphatic carbocycles. The number of amides is 1. The summed E-state index contributed by atoms with van der Waals surface area (Å²) in [5.41, 5.74) is 8.24. The Morgan fingerprint density at radius 3 is 2.26 bits per heavy atom. The number of carbonyl (C=O) groups excluding carboxylic acids is 1. The molecule has 1 unspecified atom stereocenters. The van der Waals surface area contributed by atoms with E-state index in [2.05, 4.69) is 91.5 Å². The van der Waals surface area contributed by atoms with Crippen LogP contribution in [0.25, 0.3) is 0 Å². The number of halogens is 1. The van der Waals surface area contributed by atoms with Gasteiger partial charge >= 0.3 is 0 Å². The Balaban J connectivity index is 0.00000210. The summed E-state index contributed by atoms with van der Waals surface area (Å²) in [6.07, 6.45) is 4.35. The third-order valence-corrected chi connectivity index (χ3v) is 8.70. The van der Waals surface area contributed by atoms with Crippen LogP contribution < -0.4 is 15.4 Å². The van der Waals surface area contributed by atoms with Gasteiger partial charge in [0.15, 0.2) is 0 Å². The van der Waals surface area contributed by atoms with Gasteiger partial charge in [0, 0.05) is 48.9 Å². The zero-order valence-corrected chi connectivity index (χ0v) is 23.7. The Bertz CT molecular complexity index is 1260. The van der Waals surface area contributed by atoms with E-state index < -0.39 is 0 Å². The second kappa shape index (κ2) is 14.7. The summed E-state index contributed by atoms with van der Waals surface area (Å²) in [7, 11) is -0.127. The molecule has 7 nitrogen and oxygen atoms in total. The van der Waals surface area contributed by atoms with E-state index >= 15 is 0 Å². The van der Waals surface area contributed by atoms with Crippen LogP contribution in [0.4, 0.5) is 11.4 Å². The fourth-order valence-electron chi connectivity index (χ4n) is 4.79. The Kier molecular flexibility index (Phi) is 11.4. The molecule has 1 fully saturated rings. The first-order valence-corrected chi connectivity index (χ1v) is 14.2. The second-order valence-electron chi connectivity index (χ2n) is 9.34. The van der Waals surface area contributed by atoms with Gasteiger partial charge < -0.3 is 21.4 Å². The van der Waals surface area contributed by atoms with Crippen molar-refractivity contribution < 1.29 is 10.3 Å². The van der Waals surface area contributed by atoms with E-state index in [0.717, 1.165) is 45.6 Å². The van der Waals surface area contributed by atoms with Crippen LogP contribution in [0, 0.1) is 0 Å². The van der Waals surface area contributed by atoms with Crippen molar-refractivity contribution in [2.45, 2.75) is 17.7 Å². The minimum absolute atomic E-state index is 0. The van der Waals surface area contributed by atoms with Gasteiger partial charge in [-0.05, 0) is 73.3 Å². The third kappa shape index (κ3) is 7.64. The van der Waals surface area contributed by atoms with Crippen LogP contribution in [0.3, 0.4) is 0 Å². The average molecular weight is 568 g/mol. The van der Waals surface area contributed by atoms with Gasteiger partial charge in [-0.3, -0.25) is 14.0 Å². The van der Waals surface area contributed by atoms with Gasteiger partial charge in [-0.2, -0.15) is 0 Å². The smallest absolute Gasteiger partial charge is 0.251 e. The molecule has 0 radical (unpaired) electrons. The Hall–Kier alpha value is -3.30. The fourth-order valence-corrected chi connectivity index (χ4v) is 6.69. The Labute approximate surface area is 240 Å². The van der Waals surface area contributed by atoms with E-state index in [1.165, 1.54) is 16.4 Å². The molecule has 0 bridgehead atoms. The number of rotatable bonds is 9. The number of allylic oxidation sites excluding steroid dienone is 1. The summed E-state index contributed by atoms with van der Waals surface area (Å²) in [5, 5.41) is 5.36. The van der Waals surface area contributed by atoms with Gasteiger partial charge in [0.2, 0.25) is 0 Å². The molecular weight excluding hydrogens is 530 g/mol. The number of piperazine rings is 1. The molecule has 0 aromatic heterocycles. The number of nitrogens with one attached hydrogen (secondary N) is 1. The van der Waals surface area contributed by atoms with Gasteiger partial charge in [0.05, 0.1) is 5.69 Å². The minimum atomic E-state index is -0.127. The van der Waals surface area contributed by atoms with Gasteiger partial charge in [0.25, 0.3) is 5.91 Å². The molecule has 1 saturated heterocycles. The van der Waals surface area contributed by atoms with E-state index in [1.54, 1.807) is 18.2 Å². The molecule has 5 N–H and O–H groups in total. The fraction of sp³-hybridized carbons (Fsp3) is 0.267. The first-order chi connectivity index (χ1) is 18.2. The van der Waals surface area contributed by atoms with Crippen molar-refractivity contribution >= 4 is 45.7 Å². The molecule has 1 atom stereocenters. The molecule has 3 aromatic carbocycles. The van der Waals surface area contributed by atoms with Crippen molar-refractivity contribution in [1.29, 1.82) is 0 Å². The molecule has 2 heterocycles. The molecule has 0 spiro atoms. The van der Waals surface area contributed by atoms with Gasteiger partial charge in [-0.1, -0.05) is 53.1 Å². The normalized spacial score (nSPS) is 16.9. The first-order valence-electron chi connectivity index (χ1n) is 13.0. The highest BCUT2D eigenvalue weighted by Crippen LogP contribution is 2.42. The van der Waals surface area contributed by atoms with E-state index in [0.29, 0.717) is 17.8 Å². The van der Waals surface area contributed by atoms with E-state index in [1.807, 2.05) is 6.07 Å². The number of unbranched alkanes of at least 4 members (excludes halogenated alkanes) is 1. The lowest BCUT2D eigenvalue weighted by Gasteiger charge is -2.40. The zero-order valence-electron chi connectivity index (χ0n) is 22.0. The summed E-state index contributed by atoms with van der Waals surface area (Å²) in [5.74, 6) is 1.24. The second-order valence-corrected chi connectivity index (χ2v) is 11.1. The van der Waals surface area contributed by atoms with Crippen molar-refractivity contribution in [3.05, 3.63) is 102 Å². The van der Waals surface area contributed by atoms with Crippen molar-refractivity contribution in [2.75, 3.05) is 49.3 Å². The molecule has 39 heavy (non-hydrogen) atoms. The first kappa shape index (κ1) is 30.2. The van der Waals surface area contributed by atoms with Crippen molar-refractivity contribution in [2.24, 2.45) is 0 Å². The van der Waals surface area contributed by atoms with Gasteiger partial charge in [0.1, 0.15) is 5.82 Å². The van der Waals surface area contributed by atoms with Crippen LogP contribution in [0.1, 0.15) is 23.2 Å². The topological polar surface area (TPSA) is 96.3 Å². The minimum Gasteiger partial charge on any atom is -0.412 e. The maximum Gasteiger partial charge on any atom is 0.251 e. The highest BCUT2D eigenvalue weighted by molar-refractivity contribution is 8.16. The molecule has 3 aromatic rings. The number of para-hydroxylation sites is 1. The highest BCUT2D eigenvalue weighted by atomic mass is 35.5. The van der Waals surface area contributed by atoms with Gasteiger partial charge in [-0.15, -0.1) is 12.4 Å². The molecule has 5 rings (SSSR count). The molecule has 0 saturated carbocycles. The lowest BCUT2D eigenvalue weighted by Crippen LogP contribution is -2.48. The molecule has 2 aliphatic heterocycles. The van der Waals surface area contributed by atoms with Crippen molar-refractivity contribution in [3.63, 3.8) is 0 Å². The lowest BCUT2D eigenvalue weighted by molar-refractivity contribution is 0.0952. The predicted octanol–water partition coefficient (Wildman–Crippen LogP) is 4.40. The largest absolute Gasteiger partial charge is 0.412 e. The number of nitrogens with zero attached hydrogens (tertiary/aromatic N) is 3. The van der Waals surface area contributed by atoms with Gasteiger partial charge in [-0.25, -0.2) is 0 Å². The lowest BCUT2D eigenvalue weighted by atomic mass is 10.2. The van der Waals surface area contributed by atoms with E-state index in [9.17, 15) is 4.79 Å². The van der Waals surface area contributed by atoms with E-state index in [4.69, 9.17) is 5.73 Å². The Morgan fingerprint density at radius 1 is 0.872 bits per heavy atom. The third-order valence-electron chi connectivity index (χ3n) is 6.76. The molecule has 1 amide bonds. The number of anilines is 2. The van der Waals surface area contributed by atoms with Crippen LogP contribution in [0.2, 0.25) is 0 Å². The molecular formula is C30H38ClN5O2S. The van der Waals surface area contributed by atoms with E-state index in [-0.39, 0.29) is 34.5 Å². The number of carbonyl (C=O) groups is 1. The zero-order chi connectivity index (χ0) is 25.5. The summed E-state index contributed by atoms with van der Waals surface area (Å²) in [6, 6.07) is 28.6. The monoisotopic (exact) mass is 567 g/mol. The SMILES string of the molecule is Cl.Nc1cccc(C(=O)NCCCCN2CCN(C3=CC=S(c4ccccc4)N3c3ccccc3)CC2)c1.O. The van der Waals surface area contributed by atoms with Crippen LogP contribution >= 0.6 is 23.1 Å². The standard InChI is InChI=1S/C30H35N5OS.ClH.H2O/c31-26-11-9-10-25(24-26)30(36)32-17-7-8-18-33-19-21-34(22-20-33)29-16-23-37(28-14-5-2-6-15-28)35(29)27-12-3-1-4-13-27;;/h1-6,9-16,23-24H,7-8,17-22,31H2,(H,32,36);1H;1H2. The number of hydrogen-bond acceptors (Lipinski definition) is 5. The highest BCUT2D eigenvalue weighted by Gasteiger charge is 2.28. The summed E-state index contributed by atoms with van der Waals surface area (Å²) < 4.78 is 2.49. The number of hydrogen-bond donors (Lipinski definition) is 2. The summed E-state index contributed by atoms with van der Waals surface area (Å²) >= 11 is 0. The molecule has 208 valence electrons. The summed E-state index contributed by atoms with van der Waals surface area (Å²) in [6.45, 7) is 5.87. The maximum absolute atomic E-state index is 12.3. The maximum atomic E-state index is 12.3. The number of benzene rings is 3. The van der Waals surface area contributed by atoms with Crippen molar-refractivity contribution in [1.82, 2.24) is 15.1 Å². The summed E-state index contributed by atoms with van der Waals surface area (Å²) in [4.78, 5) is 18.7. The van der Waals surface area contributed by atoms with Crippen LogP contribution in [-0.2, 0) is 0 Å². The van der Waals surface area contributed by atoms with Crippen molar-refractivity contribution in [3.8, 4) is 0 Å². The number of nitrogen functional groups attached to an aromatic ring is 1. The molecule has 2 aliphatic rings. The Morgan fingerprint density at radius 2 is 1.56 bits per heavy atom. The van der Waals surface area contributed by atoms with Crippen LogP contribution in [0.15, 0.2) is 102 Å². The van der Waals surface area contributed by atoms with Crippen LogP contribution in [-0.4, -0.2) is 65.8 Å². The average Bonchev–Trinajstić information content (AvgIpc) is 3.39.